The van der Waals surface area contributed by atoms with E-state index in [4.69, 9.17) is 4.74 Å². The van der Waals surface area contributed by atoms with Crippen LogP contribution in [0.25, 0.3) is 0 Å². The summed E-state index contributed by atoms with van der Waals surface area (Å²) in [6, 6.07) is 4.64. The Bertz CT molecular complexity index is 921. The van der Waals surface area contributed by atoms with Gasteiger partial charge in [0.2, 0.25) is 15.9 Å². The second kappa shape index (κ2) is 9.28. The van der Waals surface area contributed by atoms with Crippen molar-refractivity contribution in [2.75, 3.05) is 25.5 Å². The van der Waals surface area contributed by atoms with E-state index in [1.807, 2.05) is 0 Å². The molecule has 1 heterocycles. The molecular formula is C23H32N2O5S. The molecule has 0 spiro atoms. The molecule has 2 saturated carbocycles. The van der Waals surface area contributed by atoms with Crippen LogP contribution >= 0.6 is 0 Å². The summed E-state index contributed by atoms with van der Waals surface area (Å²) in [5.74, 6) is 0.323. The van der Waals surface area contributed by atoms with Crippen LogP contribution in [0.4, 0.5) is 5.69 Å². The lowest BCUT2D eigenvalue weighted by molar-refractivity contribution is -0.136. The molecule has 2 unspecified atom stereocenters. The lowest BCUT2D eigenvalue weighted by Gasteiger charge is -2.37. The fourth-order valence-electron chi connectivity index (χ4n) is 5.30. The Labute approximate surface area is 184 Å². The standard InChI is InChI=1S/C23H32N2O5S/c1-30-21-10-9-19(31(28,29)25-11-4-2-3-5-12-25)15-20(21)24-23(27)18-13-16-7-6-8-17(14-18)22(16)26/h9-10,15-18H,2-8,11-14H2,1H3,(H,24,27). The minimum absolute atomic E-state index is 0.0140. The number of Topliss-reactive ketones (excluding diaryl/α,β-unsaturated/α-hetero) is 1. The summed E-state index contributed by atoms with van der Waals surface area (Å²) in [5.41, 5.74) is 0.366. The monoisotopic (exact) mass is 448 g/mol. The van der Waals surface area contributed by atoms with Gasteiger partial charge in [0.1, 0.15) is 11.5 Å². The number of hydrogen-bond donors (Lipinski definition) is 1. The van der Waals surface area contributed by atoms with Crippen LogP contribution < -0.4 is 10.1 Å². The van der Waals surface area contributed by atoms with Crippen LogP contribution in [-0.4, -0.2) is 44.6 Å². The highest BCUT2D eigenvalue weighted by molar-refractivity contribution is 7.89. The molecule has 0 radical (unpaired) electrons. The maximum absolute atomic E-state index is 13.2. The quantitative estimate of drug-likeness (QED) is 0.743. The molecule has 1 N–H and O–H groups in total. The number of fused-ring (bicyclic) bond motifs is 2. The van der Waals surface area contributed by atoms with Crippen molar-refractivity contribution >= 4 is 27.4 Å². The van der Waals surface area contributed by atoms with Crippen molar-refractivity contribution in [3.63, 3.8) is 0 Å². The summed E-state index contributed by atoms with van der Waals surface area (Å²) in [6.07, 6.45) is 7.76. The van der Waals surface area contributed by atoms with Gasteiger partial charge in [0.15, 0.2) is 0 Å². The number of carbonyl (C=O) groups excluding carboxylic acids is 2. The first kappa shape index (κ1) is 22.3. The predicted octanol–water partition coefficient (Wildman–Crippen LogP) is 3.59. The smallest absolute Gasteiger partial charge is 0.243 e. The Kier molecular flexibility index (Phi) is 6.67. The summed E-state index contributed by atoms with van der Waals surface area (Å²) in [6.45, 7) is 1.05. The number of nitrogens with one attached hydrogen (secondary N) is 1. The molecule has 1 amide bonds. The molecule has 1 aliphatic heterocycles. The zero-order valence-electron chi connectivity index (χ0n) is 18.1. The number of ketones is 1. The first-order valence-corrected chi connectivity index (χ1v) is 12.9. The highest BCUT2D eigenvalue weighted by Gasteiger charge is 2.41. The van der Waals surface area contributed by atoms with Gasteiger partial charge in [-0.1, -0.05) is 19.3 Å². The SMILES string of the molecule is COc1ccc(S(=O)(=O)N2CCCCCC2)cc1NC(=O)C1CC2CCCC(C1)C2=O. The van der Waals surface area contributed by atoms with E-state index in [1.165, 1.54) is 13.2 Å². The fourth-order valence-corrected chi connectivity index (χ4v) is 6.85. The third-order valence-corrected chi connectivity index (χ3v) is 8.95. The number of rotatable bonds is 5. The van der Waals surface area contributed by atoms with Crippen molar-refractivity contribution in [3.8, 4) is 5.75 Å². The van der Waals surface area contributed by atoms with Gasteiger partial charge in [0.05, 0.1) is 17.7 Å². The van der Waals surface area contributed by atoms with Crippen LogP contribution in [0.3, 0.4) is 0 Å². The molecule has 3 aliphatic rings. The normalized spacial score (nSPS) is 27.4. The number of ether oxygens (including phenoxy) is 1. The van der Waals surface area contributed by atoms with Gasteiger partial charge >= 0.3 is 0 Å². The first-order chi connectivity index (χ1) is 14.9. The van der Waals surface area contributed by atoms with Crippen LogP contribution in [0.5, 0.6) is 5.75 Å². The van der Waals surface area contributed by atoms with Gasteiger partial charge < -0.3 is 10.1 Å². The van der Waals surface area contributed by atoms with E-state index in [0.717, 1.165) is 44.9 Å². The predicted molar refractivity (Wildman–Crippen MR) is 117 cm³/mol. The van der Waals surface area contributed by atoms with E-state index in [9.17, 15) is 18.0 Å². The minimum atomic E-state index is -3.63. The maximum Gasteiger partial charge on any atom is 0.243 e. The second-order valence-corrected chi connectivity index (χ2v) is 11.0. The zero-order chi connectivity index (χ0) is 22.0. The lowest BCUT2D eigenvalue weighted by Crippen LogP contribution is -2.40. The van der Waals surface area contributed by atoms with E-state index >= 15 is 0 Å². The highest BCUT2D eigenvalue weighted by atomic mass is 32.2. The third kappa shape index (κ3) is 4.65. The molecular weight excluding hydrogens is 416 g/mol. The number of benzene rings is 1. The van der Waals surface area contributed by atoms with Gasteiger partial charge in [-0.15, -0.1) is 0 Å². The molecule has 8 heteroatoms. The van der Waals surface area contributed by atoms with E-state index < -0.39 is 10.0 Å². The molecule has 31 heavy (non-hydrogen) atoms. The number of sulfonamides is 1. The van der Waals surface area contributed by atoms with Crippen LogP contribution in [0, 0.1) is 17.8 Å². The Balaban J connectivity index is 1.54. The van der Waals surface area contributed by atoms with Crippen molar-refractivity contribution in [1.82, 2.24) is 4.31 Å². The molecule has 2 bridgehead atoms. The average Bonchev–Trinajstić information content (AvgIpc) is 3.03. The number of methoxy groups -OCH3 is 1. The van der Waals surface area contributed by atoms with Crippen molar-refractivity contribution in [3.05, 3.63) is 18.2 Å². The highest BCUT2D eigenvalue weighted by Crippen LogP contribution is 2.41. The number of amides is 1. The molecule has 0 aromatic heterocycles. The summed E-state index contributed by atoms with van der Waals surface area (Å²) < 4.78 is 33.3. The van der Waals surface area contributed by atoms with Gasteiger partial charge in [-0.3, -0.25) is 9.59 Å². The van der Waals surface area contributed by atoms with E-state index in [2.05, 4.69) is 5.32 Å². The minimum Gasteiger partial charge on any atom is -0.495 e. The zero-order valence-corrected chi connectivity index (χ0v) is 19.0. The molecule has 4 rings (SSSR count). The van der Waals surface area contributed by atoms with Crippen LogP contribution in [-0.2, 0) is 19.6 Å². The van der Waals surface area contributed by atoms with Crippen molar-refractivity contribution in [2.45, 2.75) is 62.7 Å². The molecule has 170 valence electrons. The van der Waals surface area contributed by atoms with E-state index in [0.29, 0.717) is 43.2 Å². The van der Waals surface area contributed by atoms with E-state index in [1.54, 1.807) is 16.4 Å². The average molecular weight is 449 g/mol. The number of hydrogen-bond acceptors (Lipinski definition) is 5. The molecule has 3 fully saturated rings. The number of carbonyl (C=O) groups is 2. The molecule has 1 aromatic carbocycles. The Morgan fingerprint density at radius 2 is 1.68 bits per heavy atom. The fraction of sp³-hybridized carbons (Fsp3) is 0.652. The molecule has 2 atom stereocenters. The van der Waals surface area contributed by atoms with Crippen molar-refractivity contribution in [1.29, 1.82) is 0 Å². The molecule has 2 aliphatic carbocycles. The Morgan fingerprint density at radius 1 is 1.03 bits per heavy atom. The summed E-state index contributed by atoms with van der Waals surface area (Å²) in [5, 5.41) is 2.90. The van der Waals surface area contributed by atoms with Gasteiger partial charge in [-0.2, -0.15) is 4.31 Å². The topological polar surface area (TPSA) is 92.8 Å². The van der Waals surface area contributed by atoms with Gasteiger partial charge in [0.25, 0.3) is 0 Å². The van der Waals surface area contributed by atoms with Crippen molar-refractivity contribution in [2.24, 2.45) is 17.8 Å². The second-order valence-electron chi connectivity index (χ2n) is 9.07. The maximum atomic E-state index is 13.2. The van der Waals surface area contributed by atoms with Crippen LogP contribution in [0.2, 0.25) is 0 Å². The number of anilines is 1. The summed E-state index contributed by atoms with van der Waals surface area (Å²) in [7, 11) is -2.13. The van der Waals surface area contributed by atoms with Crippen LogP contribution in [0.1, 0.15) is 57.8 Å². The first-order valence-electron chi connectivity index (χ1n) is 11.4. The summed E-state index contributed by atoms with van der Waals surface area (Å²) in [4.78, 5) is 25.6. The van der Waals surface area contributed by atoms with Crippen LogP contribution in [0.15, 0.2) is 23.1 Å². The largest absolute Gasteiger partial charge is 0.495 e. The van der Waals surface area contributed by atoms with Gasteiger partial charge in [-0.05, 0) is 56.7 Å². The number of nitrogens with zero attached hydrogens (tertiary/aromatic N) is 1. The molecule has 7 nitrogen and oxygen atoms in total. The molecule has 1 aromatic rings. The van der Waals surface area contributed by atoms with Gasteiger partial charge in [0, 0.05) is 30.8 Å². The summed E-state index contributed by atoms with van der Waals surface area (Å²) >= 11 is 0. The third-order valence-electron chi connectivity index (χ3n) is 7.05. The molecule has 1 saturated heterocycles. The Hall–Kier alpha value is -1.93. The lowest BCUT2D eigenvalue weighted by atomic mass is 9.67. The van der Waals surface area contributed by atoms with Gasteiger partial charge in [-0.25, -0.2) is 8.42 Å². The van der Waals surface area contributed by atoms with Crippen molar-refractivity contribution < 1.29 is 22.7 Å². The van der Waals surface area contributed by atoms with E-state index in [-0.39, 0.29) is 28.6 Å². The Morgan fingerprint density at radius 3 is 2.29 bits per heavy atom.